The van der Waals surface area contributed by atoms with Crippen LogP contribution in [0.15, 0.2) is 121 Å². The molecule has 0 radical (unpaired) electrons. The Morgan fingerprint density at radius 2 is 1.26 bits per heavy atom. The number of rotatable bonds is 7. The fourth-order valence-electron chi connectivity index (χ4n) is 3.55. The third-order valence-electron chi connectivity index (χ3n) is 5.19. The summed E-state index contributed by atoms with van der Waals surface area (Å²) in [5.41, 5.74) is 3.50. The highest BCUT2D eigenvalue weighted by Gasteiger charge is 2.14. The van der Waals surface area contributed by atoms with Crippen molar-refractivity contribution in [1.82, 2.24) is 0 Å². The zero-order chi connectivity index (χ0) is 24.0. The SMILES string of the molecule is C/C(=C\c1cccc(CCl)c1)CCC#N.c1ccc(P(c2ccccc2)c2ccccc2)cc1. The zero-order valence-electron chi connectivity index (χ0n) is 19.4. The van der Waals surface area contributed by atoms with Gasteiger partial charge in [0, 0.05) is 12.3 Å². The fourth-order valence-corrected chi connectivity index (χ4v) is 6.03. The summed E-state index contributed by atoms with van der Waals surface area (Å²) in [6.07, 6.45) is 3.52. The second-order valence-corrected chi connectivity index (χ2v) is 10.4. The van der Waals surface area contributed by atoms with Gasteiger partial charge in [-0.05, 0) is 48.3 Å². The molecule has 4 aromatic rings. The highest BCUT2D eigenvalue weighted by molar-refractivity contribution is 7.79. The van der Waals surface area contributed by atoms with Gasteiger partial charge >= 0.3 is 0 Å². The van der Waals surface area contributed by atoms with Crippen molar-refractivity contribution >= 4 is 41.5 Å². The van der Waals surface area contributed by atoms with E-state index in [0.717, 1.165) is 17.5 Å². The van der Waals surface area contributed by atoms with Crippen molar-refractivity contribution in [2.45, 2.75) is 25.6 Å². The van der Waals surface area contributed by atoms with Crippen LogP contribution in [0.1, 0.15) is 30.9 Å². The fraction of sp³-hybridized carbons (Fsp3) is 0.129. The summed E-state index contributed by atoms with van der Waals surface area (Å²) in [5.74, 6) is 0.541. The van der Waals surface area contributed by atoms with Crippen molar-refractivity contribution in [3.8, 4) is 6.07 Å². The highest BCUT2D eigenvalue weighted by atomic mass is 35.5. The number of alkyl halides is 1. The molecule has 0 aliphatic carbocycles. The minimum Gasteiger partial charge on any atom is -0.198 e. The average molecular weight is 482 g/mol. The number of allylic oxidation sites excluding steroid dienone is 1. The molecular weight excluding hydrogens is 453 g/mol. The first kappa shape index (κ1) is 25.5. The molecule has 0 spiro atoms. The van der Waals surface area contributed by atoms with Crippen molar-refractivity contribution in [3.63, 3.8) is 0 Å². The summed E-state index contributed by atoms with van der Waals surface area (Å²) in [4.78, 5) is 0. The van der Waals surface area contributed by atoms with Crippen LogP contribution in [-0.2, 0) is 5.88 Å². The van der Waals surface area contributed by atoms with Gasteiger partial charge < -0.3 is 0 Å². The van der Waals surface area contributed by atoms with E-state index in [0.29, 0.717) is 12.3 Å². The molecule has 3 heteroatoms. The van der Waals surface area contributed by atoms with Crippen LogP contribution in [-0.4, -0.2) is 0 Å². The zero-order valence-corrected chi connectivity index (χ0v) is 21.1. The van der Waals surface area contributed by atoms with Gasteiger partial charge in [-0.25, -0.2) is 0 Å². The lowest BCUT2D eigenvalue weighted by molar-refractivity contribution is 0.996. The molecule has 0 heterocycles. The third-order valence-corrected chi connectivity index (χ3v) is 7.94. The Kier molecular flexibility index (Phi) is 10.6. The Morgan fingerprint density at radius 1 is 0.765 bits per heavy atom. The molecule has 0 N–H and O–H groups in total. The van der Waals surface area contributed by atoms with E-state index in [1.807, 2.05) is 25.1 Å². The lowest BCUT2D eigenvalue weighted by atomic mass is 10.1. The number of hydrogen-bond donors (Lipinski definition) is 0. The molecule has 170 valence electrons. The predicted molar refractivity (Wildman–Crippen MR) is 150 cm³/mol. The minimum atomic E-state index is -0.446. The van der Waals surface area contributed by atoms with Crippen LogP contribution in [0, 0.1) is 11.3 Å². The van der Waals surface area contributed by atoms with E-state index < -0.39 is 7.92 Å². The molecule has 0 aliphatic heterocycles. The normalized spacial score (nSPS) is 10.8. The van der Waals surface area contributed by atoms with Gasteiger partial charge in [0.15, 0.2) is 0 Å². The van der Waals surface area contributed by atoms with E-state index in [9.17, 15) is 0 Å². The van der Waals surface area contributed by atoms with Crippen molar-refractivity contribution in [3.05, 3.63) is 132 Å². The number of nitriles is 1. The van der Waals surface area contributed by atoms with Gasteiger partial charge in [0.05, 0.1) is 6.07 Å². The summed E-state index contributed by atoms with van der Waals surface area (Å²) < 4.78 is 0. The molecule has 0 unspecified atom stereocenters. The van der Waals surface area contributed by atoms with E-state index in [1.54, 1.807) is 0 Å². The predicted octanol–water partition coefficient (Wildman–Crippen LogP) is 7.58. The molecule has 1 nitrogen and oxygen atoms in total. The van der Waals surface area contributed by atoms with Crippen molar-refractivity contribution < 1.29 is 0 Å². The minimum absolute atomic E-state index is 0.446. The van der Waals surface area contributed by atoms with Gasteiger partial charge in [-0.2, -0.15) is 5.26 Å². The second kappa shape index (κ2) is 14.2. The van der Waals surface area contributed by atoms with Crippen LogP contribution >= 0.6 is 19.5 Å². The Morgan fingerprint density at radius 3 is 1.71 bits per heavy atom. The van der Waals surface area contributed by atoms with Gasteiger partial charge in [-0.3, -0.25) is 0 Å². The molecule has 0 aromatic heterocycles. The quantitative estimate of drug-likeness (QED) is 0.197. The van der Waals surface area contributed by atoms with Crippen LogP contribution in [0.5, 0.6) is 0 Å². The smallest absolute Gasteiger partial charge is 0.0625 e. The number of halogens is 1. The monoisotopic (exact) mass is 481 g/mol. The lowest BCUT2D eigenvalue weighted by Gasteiger charge is -2.18. The second-order valence-electron chi connectivity index (χ2n) is 7.87. The molecule has 34 heavy (non-hydrogen) atoms. The molecule has 0 bridgehead atoms. The van der Waals surface area contributed by atoms with E-state index in [2.05, 4.69) is 109 Å². The maximum absolute atomic E-state index is 8.47. The van der Waals surface area contributed by atoms with Gasteiger partial charge in [0.25, 0.3) is 0 Å². The molecular formula is C31H29ClNP. The Labute approximate surface area is 210 Å². The topological polar surface area (TPSA) is 23.8 Å². The van der Waals surface area contributed by atoms with Crippen LogP contribution in [0.2, 0.25) is 0 Å². The van der Waals surface area contributed by atoms with E-state index in [-0.39, 0.29) is 0 Å². The first-order valence-corrected chi connectivity index (χ1v) is 13.2. The molecule has 4 rings (SSSR count). The first-order valence-electron chi connectivity index (χ1n) is 11.4. The maximum Gasteiger partial charge on any atom is 0.0625 e. The highest BCUT2D eigenvalue weighted by Crippen LogP contribution is 2.32. The Bertz CT molecular complexity index is 1100. The van der Waals surface area contributed by atoms with Gasteiger partial charge in [0.2, 0.25) is 0 Å². The van der Waals surface area contributed by atoms with Crippen molar-refractivity contribution in [2.24, 2.45) is 0 Å². The molecule has 0 atom stereocenters. The summed E-state index contributed by atoms with van der Waals surface area (Å²) in [6.45, 7) is 2.05. The Balaban J connectivity index is 0.000000197. The average Bonchev–Trinajstić information content (AvgIpc) is 2.90. The largest absolute Gasteiger partial charge is 0.198 e. The van der Waals surface area contributed by atoms with Crippen LogP contribution in [0.25, 0.3) is 6.08 Å². The van der Waals surface area contributed by atoms with Crippen LogP contribution in [0.3, 0.4) is 0 Å². The maximum atomic E-state index is 8.47. The number of hydrogen-bond acceptors (Lipinski definition) is 1. The van der Waals surface area contributed by atoms with Gasteiger partial charge in [-0.1, -0.05) is 127 Å². The van der Waals surface area contributed by atoms with Gasteiger partial charge in [0.1, 0.15) is 0 Å². The first-order chi connectivity index (χ1) is 16.7. The van der Waals surface area contributed by atoms with Crippen LogP contribution in [0.4, 0.5) is 0 Å². The molecule has 0 saturated carbocycles. The number of benzene rings is 4. The molecule has 0 aliphatic rings. The summed E-state index contributed by atoms with van der Waals surface area (Å²) in [6, 6.07) is 42.6. The van der Waals surface area contributed by atoms with E-state index in [4.69, 9.17) is 16.9 Å². The summed E-state index contributed by atoms with van der Waals surface area (Å²) in [7, 11) is -0.446. The van der Waals surface area contributed by atoms with E-state index in [1.165, 1.54) is 21.5 Å². The summed E-state index contributed by atoms with van der Waals surface area (Å²) in [5, 5.41) is 12.7. The van der Waals surface area contributed by atoms with Gasteiger partial charge in [-0.15, -0.1) is 11.6 Å². The van der Waals surface area contributed by atoms with Crippen molar-refractivity contribution in [2.75, 3.05) is 0 Å². The van der Waals surface area contributed by atoms with E-state index >= 15 is 0 Å². The standard InChI is InChI=1S/C18H15P.C13H14ClN/c1-4-10-16(11-5-1)19(17-12-6-2-7-13-17)18-14-8-3-9-15-18;1-11(4-3-7-15)8-12-5-2-6-13(9-12)10-14/h1-15H;2,5-6,8-9H,3-4,10H2,1H3/b;11-8+. The molecule has 0 amide bonds. The lowest BCUT2D eigenvalue weighted by Crippen LogP contribution is -2.20. The summed E-state index contributed by atoms with van der Waals surface area (Å²) >= 11 is 5.76. The van der Waals surface area contributed by atoms with Crippen molar-refractivity contribution in [1.29, 1.82) is 5.26 Å². The van der Waals surface area contributed by atoms with Crippen LogP contribution < -0.4 is 15.9 Å². The molecule has 0 saturated heterocycles. The molecule has 4 aromatic carbocycles. The third kappa shape index (κ3) is 8.00. The number of nitrogens with zero attached hydrogens (tertiary/aromatic N) is 1. The molecule has 0 fully saturated rings. The Hall–Kier alpha value is -3.17.